The highest BCUT2D eigenvalue weighted by molar-refractivity contribution is 5.94. The Kier molecular flexibility index (Phi) is 5.16. The zero-order valence-corrected chi connectivity index (χ0v) is 14.5. The van der Waals surface area contributed by atoms with Gasteiger partial charge in [0.15, 0.2) is 5.82 Å². The van der Waals surface area contributed by atoms with Crippen LogP contribution in [-0.4, -0.2) is 34.5 Å². The van der Waals surface area contributed by atoms with Gasteiger partial charge in [-0.15, -0.1) is 0 Å². The summed E-state index contributed by atoms with van der Waals surface area (Å²) in [4.78, 5) is 26.9. The molecule has 1 heterocycles. The zero-order valence-electron chi connectivity index (χ0n) is 14.5. The Morgan fingerprint density at radius 1 is 1.32 bits per heavy atom. The van der Waals surface area contributed by atoms with Crippen molar-refractivity contribution in [3.05, 3.63) is 48.2 Å². The molecule has 1 saturated carbocycles. The summed E-state index contributed by atoms with van der Waals surface area (Å²) >= 11 is 0. The van der Waals surface area contributed by atoms with E-state index in [0.717, 1.165) is 12.8 Å². The first-order valence-electron chi connectivity index (χ1n) is 8.65. The SMILES string of the molecule is CC[C@H](C)N(CC(=O)Nc1ccon1)C(=O)[C@@H]1C[C@H]1c1ccccc1. The second kappa shape index (κ2) is 7.51. The molecular weight excluding hydrogens is 318 g/mol. The molecule has 1 aliphatic carbocycles. The van der Waals surface area contributed by atoms with E-state index in [4.69, 9.17) is 4.52 Å². The summed E-state index contributed by atoms with van der Waals surface area (Å²) in [6, 6.07) is 11.7. The van der Waals surface area contributed by atoms with E-state index < -0.39 is 0 Å². The largest absolute Gasteiger partial charge is 0.363 e. The number of anilines is 1. The number of hydrogen-bond acceptors (Lipinski definition) is 4. The predicted octanol–water partition coefficient (Wildman–Crippen LogP) is 3.04. The van der Waals surface area contributed by atoms with Crippen LogP contribution in [-0.2, 0) is 9.59 Å². The minimum Gasteiger partial charge on any atom is -0.363 e. The Hall–Kier alpha value is -2.63. The van der Waals surface area contributed by atoms with Crippen molar-refractivity contribution in [3.8, 4) is 0 Å². The molecule has 0 spiro atoms. The zero-order chi connectivity index (χ0) is 17.8. The number of aromatic nitrogens is 1. The minimum atomic E-state index is -0.264. The van der Waals surface area contributed by atoms with Gasteiger partial charge in [0.2, 0.25) is 11.8 Å². The summed E-state index contributed by atoms with van der Waals surface area (Å²) in [6.07, 6.45) is 3.04. The standard InChI is InChI=1S/C19H23N3O3/c1-3-13(2)22(12-18(23)20-17-9-10-25-21-17)19(24)16-11-15(16)14-7-5-4-6-8-14/h4-10,13,15-16H,3,11-12H2,1-2H3,(H,20,21,23)/t13-,15-,16+/m0/s1. The monoisotopic (exact) mass is 341 g/mol. The van der Waals surface area contributed by atoms with Gasteiger partial charge in [0, 0.05) is 18.0 Å². The molecule has 2 aromatic rings. The highest BCUT2D eigenvalue weighted by Gasteiger charge is 2.46. The van der Waals surface area contributed by atoms with Crippen molar-refractivity contribution in [3.63, 3.8) is 0 Å². The third-order valence-electron chi connectivity index (χ3n) is 4.76. The van der Waals surface area contributed by atoms with Crippen LogP contribution < -0.4 is 5.32 Å². The Morgan fingerprint density at radius 2 is 2.08 bits per heavy atom. The number of nitrogens with one attached hydrogen (secondary N) is 1. The lowest BCUT2D eigenvalue weighted by Crippen LogP contribution is -2.44. The molecule has 1 aromatic carbocycles. The van der Waals surface area contributed by atoms with Gasteiger partial charge in [-0.2, -0.15) is 0 Å². The molecule has 6 nitrogen and oxygen atoms in total. The highest BCUT2D eigenvalue weighted by atomic mass is 16.5. The average Bonchev–Trinajstić information content (AvgIpc) is 3.28. The molecular formula is C19H23N3O3. The first kappa shape index (κ1) is 17.2. The van der Waals surface area contributed by atoms with Gasteiger partial charge in [-0.1, -0.05) is 42.4 Å². The van der Waals surface area contributed by atoms with Crippen LogP contribution in [0.1, 0.15) is 38.2 Å². The van der Waals surface area contributed by atoms with E-state index in [2.05, 4.69) is 22.6 Å². The summed E-state index contributed by atoms with van der Waals surface area (Å²) in [5.41, 5.74) is 1.19. The fourth-order valence-electron chi connectivity index (χ4n) is 3.03. The number of carbonyl (C=O) groups is 2. The van der Waals surface area contributed by atoms with E-state index in [1.807, 2.05) is 32.0 Å². The van der Waals surface area contributed by atoms with E-state index >= 15 is 0 Å². The van der Waals surface area contributed by atoms with Crippen LogP contribution in [0.15, 0.2) is 47.2 Å². The van der Waals surface area contributed by atoms with Gasteiger partial charge in [-0.25, -0.2) is 0 Å². The molecule has 1 aliphatic rings. The van der Waals surface area contributed by atoms with Gasteiger partial charge < -0.3 is 14.7 Å². The maximum atomic E-state index is 12.9. The summed E-state index contributed by atoms with van der Waals surface area (Å²) in [5.74, 6) is 0.378. The normalized spacial score (nSPS) is 19.9. The Bertz CT molecular complexity index is 715. The molecule has 0 saturated heterocycles. The fourth-order valence-corrected chi connectivity index (χ4v) is 3.03. The van der Waals surface area contributed by atoms with Crippen LogP contribution in [0.3, 0.4) is 0 Å². The second-order valence-electron chi connectivity index (χ2n) is 6.52. The van der Waals surface area contributed by atoms with E-state index in [-0.39, 0.29) is 36.2 Å². The molecule has 0 unspecified atom stereocenters. The van der Waals surface area contributed by atoms with E-state index in [1.54, 1.807) is 11.0 Å². The van der Waals surface area contributed by atoms with Crippen LogP contribution >= 0.6 is 0 Å². The number of nitrogens with zero attached hydrogens (tertiary/aromatic N) is 2. The summed E-state index contributed by atoms with van der Waals surface area (Å²) in [7, 11) is 0. The number of carbonyl (C=O) groups excluding carboxylic acids is 2. The first-order chi connectivity index (χ1) is 12.1. The number of rotatable bonds is 7. The molecule has 25 heavy (non-hydrogen) atoms. The maximum absolute atomic E-state index is 12.9. The fraction of sp³-hybridized carbons (Fsp3) is 0.421. The molecule has 1 aromatic heterocycles. The van der Waals surface area contributed by atoms with Crippen molar-refractivity contribution < 1.29 is 14.1 Å². The van der Waals surface area contributed by atoms with Crippen molar-refractivity contribution in [2.24, 2.45) is 5.92 Å². The molecule has 3 atom stereocenters. The Labute approximate surface area is 147 Å². The van der Waals surface area contributed by atoms with Crippen molar-refractivity contribution in [2.45, 2.75) is 38.6 Å². The molecule has 1 fully saturated rings. The lowest BCUT2D eigenvalue weighted by atomic mass is 10.1. The molecule has 0 radical (unpaired) electrons. The van der Waals surface area contributed by atoms with Crippen molar-refractivity contribution >= 4 is 17.6 Å². The molecule has 2 amide bonds. The van der Waals surface area contributed by atoms with Gasteiger partial charge in [-0.3, -0.25) is 9.59 Å². The molecule has 6 heteroatoms. The lowest BCUT2D eigenvalue weighted by molar-refractivity contribution is -0.138. The number of amides is 2. The number of benzene rings is 1. The van der Waals surface area contributed by atoms with E-state index in [1.165, 1.54) is 11.8 Å². The van der Waals surface area contributed by atoms with Gasteiger partial charge in [0.1, 0.15) is 12.8 Å². The smallest absolute Gasteiger partial charge is 0.245 e. The molecule has 132 valence electrons. The van der Waals surface area contributed by atoms with Crippen LogP contribution in [0.2, 0.25) is 0 Å². The van der Waals surface area contributed by atoms with Crippen LogP contribution in [0, 0.1) is 5.92 Å². The van der Waals surface area contributed by atoms with Crippen molar-refractivity contribution in [2.75, 3.05) is 11.9 Å². The van der Waals surface area contributed by atoms with Crippen LogP contribution in [0.5, 0.6) is 0 Å². The summed E-state index contributed by atoms with van der Waals surface area (Å²) < 4.78 is 4.70. The topological polar surface area (TPSA) is 75.4 Å². The van der Waals surface area contributed by atoms with Crippen LogP contribution in [0.4, 0.5) is 5.82 Å². The average molecular weight is 341 g/mol. The van der Waals surface area contributed by atoms with Gasteiger partial charge in [0.05, 0.1) is 0 Å². The summed E-state index contributed by atoms with van der Waals surface area (Å²) in [5, 5.41) is 6.31. The first-order valence-corrected chi connectivity index (χ1v) is 8.65. The Morgan fingerprint density at radius 3 is 2.72 bits per heavy atom. The van der Waals surface area contributed by atoms with E-state index in [9.17, 15) is 9.59 Å². The second-order valence-corrected chi connectivity index (χ2v) is 6.52. The predicted molar refractivity (Wildman–Crippen MR) is 93.9 cm³/mol. The molecule has 3 rings (SSSR count). The minimum absolute atomic E-state index is 0.00702. The highest BCUT2D eigenvalue weighted by Crippen LogP contribution is 2.48. The number of hydrogen-bond donors (Lipinski definition) is 1. The quantitative estimate of drug-likeness (QED) is 0.840. The third kappa shape index (κ3) is 4.07. The molecule has 1 N–H and O–H groups in total. The molecule has 0 bridgehead atoms. The summed E-state index contributed by atoms with van der Waals surface area (Å²) in [6.45, 7) is 4.02. The van der Waals surface area contributed by atoms with Crippen molar-refractivity contribution in [1.29, 1.82) is 0 Å². The van der Waals surface area contributed by atoms with Gasteiger partial charge in [0.25, 0.3) is 0 Å². The van der Waals surface area contributed by atoms with Gasteiger partial charge in [-0.05, 0) is 31.2 Å². The lowest BCUT2D eigenvalue weighted by Gasteiger charge is -2.28. The Balaban J connectivity index is 1.64. The van der Waals surface area contributed by atoms with Crippen LogP contribution in [0.25, 0.3) is 0 Å². The van der Waals surface area contributed by atoms with E-state index in [0.29, 0.717) is 5.82 Å². The third-order valence-corrected chi connectivity index (χ3v) is 4.76. The van der Waals surface area contributed by atoms with Gasteiger partial charge >= 0.3 is 0 Å². The maximum Gasteiger partial charge on any atom is 0.245 e. The molecule has 0 aliphatic heterocycles. The van der Waals surface area contributed by atoms with Crippen molar-refractivity contribution in [1.82, 2.24) is 10.1 Å².